The summed E-state index contributed by atoms with van der Waals surface area (Å²) in [7, 11) is 0. The van der Waals surface area contributed by atoms with Gasteiger partial charge < -0.3 is 9.80 Å². The van der Waals surface area contributed by atoms with Crippen LogP contribution in [0.5, 0.6) is 0 Å². The molecular weight excluding hydrogens is 431 g/mol. The van der Waals surface area contributed by atoms with Crippen molar-refractivity contribution in [3.05, 3.63) is 70.6 Å². The summed E-state index contributed by atoms with van der Waals surface area (Å²) in [5.41, 5.74) is 1.33. The minimum absolute atomic E-state index is 0.0585. The van der Waals surface area contributed by atoms with Gasteiger partial charge in [0.2, 0.25) is 0 Å². The quantitative estimate of drug-likeness (QED) is 0.601. The fourth-order valence-corrected chi connectivity index (χ4v) is 3.75. The maximum atomic E-state index is 13.0. The van der Waals surface area contributed by atoms with Crippen LogP contribution in [-0.4, -0.2) is 51.8 Å². The van der Waals surface area contributed by atoms with Gasteiger partial charge in [-0.15, -0.1) is 0 Å². The molecule has 0 N–H and O–H groups in total. The van der Waals surface area contributed by atoms with Crippen molar-refractivity contribution in [3.63, 3.8) is 0 Å². The number of rotatable bonds is 3. The zero-order valence-electron chi connectivity index (χ0n) is 16.6. The molecule has 0 bridgehead atoms. The van der Waals surface area contributed by atoms with Crippen molar-refractivity contribution in [1.82, 2.24) is 19.7 Å². The lowest BCUT2D eigenvalue weighted by molar-refractivity contribution is -0.137. The van der Waals surface area contributed by atoms with Crippen molar-refractivity contribution in [1.29, 1.82) is 0 Å². The molecule has 1 aromatic carbocycles. The van der Waals surface area contributed by atoms with Crippen LogP contribution in [0, 0.1) is 6.92 Å². The lowest BCUT2D eigenvalue weighted by atomic mass is 10.1. The Labute approximate surface area is 181 Å². The predicted molar refractivity (Wildman–Crippen MR) is 111 cm³/mol. The minimum atomic E-state index is -4.50. The summed E-state index contributed by atoms with van der Waals surface area (Å²) in [6.45, 7) is 3.54. The van der Waals surface area contributed by atoms with Crippen LogP contribution in [0.3, 0.4) is 0 Å². The molecule has 162 valence electrons. The number of halogens is 4. The van der Waals surface area contributed by atoms with Crippen LogP contribution in [0.25, 0.3) is 5.69 Å². The largest absolute Gasteiger partial charge is 0.417 e. The molecular formula is C21H19ClF3N5O. The molecule has 6 nitrogen and oxygen atoms in total. The number of hydrogen-bond donors (Lipinski definition) is 0. The maximum Gasteiger partial charge on any atom is 0.417 e. The van der Waals surface area contributed by atoms with E-state index in [4.69, 9.17) is 11.6 Å². The van der Waals surface area contributed by atoms with Gasteiger partial charge in [0, 0.05) is 44.1 Å². The number of alkyl halides is 3. The summed E-state index contributed by atoms with van der Waals surface area (Å²) in [6.07, 6.45) is -1.89. The van der Waals surface area contributed by atoms with E-state index in [-0.39, 0.29) is 16.7 Å². The molecule has 3 heterocycles. The molecule has 10 heteroatoms. The molecule has 0 aliphatic carbocycles. The third-order valence-electron chi connectivity index (χ3n) is 5.10. The third kappa shape index (κ3) is 4.51. The molecule has 1 fully saturated rings. The van der Waals surface area contributed by atoms with E-state index in [9.17, 15) is 18.0 Å². The lowest BCUT2D eigenvalue weighted by Crippen LogP contribution is -2.49. The highest BCUT2D eigenvalue weighted by molar-refractivity contribution is 6.33. The van der Waals surface area contributed by atoms with Crippen molar-refractivity contribution >= 4 is 23.3 Å². The van der Waals surface area contributed by atoms with Crippen LogP contribution < -0.4 is 4.90 Å². The van der Waals surface area contributed by atoms with Gasteiger partial charge in [-0.25, -0.2) is 9.67 Å². The van der Waals surface area contributed by atoms with Crippen LogP contribution in [0.15, 0.2) is 48.8 Å². The summed E-state index contributed by atoms with van der Waals surface area (Å²) >= 11 is 6.05. The van der Waals surface area contributed by atoms with E-state index in [1.165, 1.54) is 0 Å². The number of hydrogen-bond acceptors (Lipinski definition) is 4. The standard InChI is InChI=1S/C21H19ClF3N5O/c1-14-5-6-30(27-14)17-4-2-3-15(11-17)20(31)29-9-7-28(8-10-29)19-18(22)12-16(13-26-19)21(23,24)25/h2-6,11-13H,7-10H2,1H3. The zero-order chi connectivity index (χ0) is 22.2. The Morgan fingerprint density at radius 2 is 1.84 bits per heavy atom. The molecule has 2 aromatic heterocycles. The topological polar surface area (TPSA) is 54.3 Å². The second-order valence-electron chi connectivity index (χ2n) is 7.26. The van der Waals surface area contributed by atoms with Gasteiger partial charge >= 0.3 is 6.18 Å². The van der Waals surface area contributed by atoms with Gasteiger partial charge in [0.1, 0.15) is 5.82 Å². The van der Waals surface area contributed by atoms with Gasteiger partial charge in [0.05, 0.1) is 22.0 Å². The molecule has 1 saturated heterocycles. The van der Waals surface area contributed by atoms with E-state index < -0.39 is 11.7 Å². The fourth-order valence-electron chi connectivity index (χ4n) is 3.46. The summed E-state index contributed by atoms with van der Waals surface area (Å²) in [6, 6.07) is 9.98. The van der Waals surface area contributed by atoms with Gasteiger partial charge in [-0.05, 0) is 37.3 Å². The van der Waals surface area contributed by atoms with E-state index in [2.05, 4.69) is 10.1 Å². The average Bonchev–Trinajstić information content (AvgIpc) is 3.19. The monoisotopic (exact) mass is 449 g/mol. The Bertz CT molecular complexity index is 1110. The number of pyridine rings is 1. The van der Waals surface area contributed by atoms with E-state index in [0.717, 1.165) is 23.6 Å². The molecule has 3 aromatic rings. The van der Waals surface area contributed by atoms with Crippen LogP contribution in [0.4, 0.5) is 19.0 Å². The van der Waals surface area contributed by atoms with Gasteiger partial charge in [-0.1, -0.05) is 17.7 Å². The van der Waals surface area contributed by atoms with E-state index in [0.29, 0.717) is 31.7 Å². The summed E-state index contributed by atoms with van der Waals surface area (Å²) < 4.78 is 40.2. The first-order valence-electron chi connectivity index (χ1n) is 9.62. The molecule has 0 radical (unpaired) electrons. The summed E-state index contributed by atoms with van der Waals surface area (Å²) in [5.74, 6) is 0.176. The van der Waals surface area contributed by atoms with Crippen molar-refractivity contribution in [2.45, 2.75) is 13.1 Å². The van der Waals surface area contributed by atoms with Gasteiger partial charge in [-0.3, -0.25) is 4.79 Å². The van der Waals surface area contributed by atoms with E-state index in [1.807, 2.05) is 31.3 Å². The van der Waals surface area contributed by atoms with Crippen molar-refractivity contribution in [2.75, 3.05) is 31.1 Å². The number of aryl methyl sites for hydroxylation is 1. The number of aromatic nitrogens is 3. The number of amides is 1. The molecule has 0 atom stereocenters. The Hall–Kier alpha value is -3.07. The number of piperazine rings is 1. The molecule has 0 spiro atoms. The van der Waals surface area contributed by atoms with Crippen molar-refractivity contribution < 1.29 is 18.0 Å². The number of carbonyl (C=O) groups is 1. The van der Waals surface area contributed by atoms with Crippen LogP contribution in [0.2, 0.25) is 5.02 Å². The van der Waals surface area contributed by atoms with Gasteiger partial charge in [-0.2, -0.15) is 18.3 Å². The molecule has 0 saturated carbocycles. The maximum absolute atomic E-state index is 13.0. The first kappa shape index (κ1) is 21.2. The first-order valence-corrected chi connectivity index (χ1v) is 10.00. The molecule has 4 rings (SSSR count). The number of nitrogens with zero attached hydrogens (tertiary/aromatic N) is 5. The smallest absolute Gasteiger partial charge is 0.352 e. The fraction of sp³-hybridized carbons (Fsp3) is 0.286. The highest BCUT2D eigenvalue weighted by Gasteiger charge is 2.32. The predicted octanol–water partition coefficient (Wildman–Crippen LogP) is 4.21. The normalized spacial score (nSPS) is 14.7. The highest BCUT2D eigenvalue weighted by atomic mass is 35.5. The summed E-state index contributed by atoms with van der Waals surface area (Å²) in [4.78, 5) is 20.4. The second kappa shape index (κ2) is 8.22. The van der Waals surface area contributed by atoms with Crippen LogP contribution in [-0.2, 0) is 6.18 Å². The number of anilines is 1. The molecule has 31 heavy (non-hydrogen) atoms. The molecule has 1 aliphatic rings. The lowest BCUT2D eigenvalue weighted by Gasteiger charge is -2.36. The number of carbonyl (C=O) groups excluding carboxylic acids is 1. The molecule has 1 aliphatic heterocycles. The Morgan fingerprint density at radius 1 is 1.10 bits per heavy atom. The summed E-state index contributed by atoms with van der Waals surface area (Å²) in [5, 5.41) is 4.30. The Kier molecular flexibility index (Phi) is 5.62. The Morgan fingerprint density at radius 3 is 2.45 bits per heavy atom. The number of benzene rings is 1. The SMILES string of the molecule is Cc1ccn(-c2cccc(C(=O)N3CCN(c4ncc(C(F)(F)F)cc4Cl)CC3)c2)n1. The van der Waals surface area contributed by atoms with Crippen LogP contribution >= 0.6 is 11.6 Å². The zero-order valence-corrected chi connectivity index (χ0v) is 17.4. The van der Waals surface area contributed by atoms with E-state index >= 15 is 0 Å². The molecule has 1 amide bonds. The third-order valence-corrected chi connectivity index (χ3v) is 5.37. The molecule has 0 unspecified atom stereocenters. The Balaban J connectivity index is 1.44. The van der Waals surface area contributed by atoms with E-state index in [1.54, 1.807) is 26.6 Å². The van der Waals surface area contributed by atoms with Crippen molar-refractivity contribution in [2.24, 2.45) is 0 Å². The highest BCUT2D eigenvalue weighted by Crippen LogP contribution is 2.33. The van der Waals surface area contributed by atoms with Crippen molar-refractivity contribution in [3.8, 4) is 5.69 Å². The average molecular weight is 450 g/mol. The van der Waals surface area contributed by atoms with Gasteiger partial charge in [0.25, 0.3) is 5.91 Å². The van der Waals surface area contributed by atoms with Crippen LogP contribution in [0.1, 0.15) is 21.6 Å². The minimum Gasteiger partial charge on any atom is -0.352 e. The first-order chi connectivity index (χ1) is 14.7. The second-order valence-corrected chi connectivity index (χ2v) is 7.67. The van der Waals surface area contributed by atoms with Gasteiger partial charge in [0.15, 0.2) is 0 Å².